The summed E-state index contributed by atoms with van der Waals surface area (Å²) in [7, 11) is -3.86. The van der Waals surface area contributed by atoms with Gasteiger partial charge in [0.1, 0.15) is 18.0 Å². The zero-order valence-corrected chi connectivity index (χ0v) is 23.6. The molecule has 5 rings (SSSR count). The third-order valence-corrected chi connectivity index (χ3v) is 9.14. The Balaban J connectivity index is 1.33. The maximum atomic E-state index is 13.4. The minimum atomic E-state index is -3.86. The Morgan fingerprint density at radius 3 is 2.39 bits per heavy atom. The van der Waals surface area contributed by atoms with Crippen LogP contribution in [0.4, 0.5) is 17.5 Å². The number of nitrogens with zero attached hydrogens (tertiary/aromatic N) is 6. The molecule has 14 nitrogen and oxygen atoms in total. The van der Waals surface area contributed by atoms with Crippen LogP contribution in [0, 0.1) is 6.92 Å². The predicted octanol–water partition coefficient (Wildman–Crippen LogP) is 1.60. The number of hydrogen-bond acceptors (Lipinski definition) is 10. The number of Topliss-reactive ketones (excluding diaryl/α,β-unsaturated/α-hetero) is 1. The monoisotopic (exact) mass is 584 g/mol. The number of carbonyl (C=O) groups is 2. The zero-order chi connectivity index (χ0) is 29.3. The van der Waals surface area contributed by atoms with Crippen LogP contribution >= 0.6 is 0 Å². The SMILES string of the molecule is CC(=O)c1c(C)c2cnc(Nc3ccc(N4CCN(S(=O)(=O)NCC(=O)O)CC4)cn3)nc2n(C2CCCC2)c1=O. The van der Waals surface area contributed by atoms with Crippen molar-refractivity contribution in [3.8, 4) is 0 Å². The largest absolute Gasteiger partial charge is 0.480 e. The molecule has 0 amide bonds. The van der Waals surface area contributed by atoms with Crippen LogP contribution in [0.1, 0.15) is 54.6 Å². The Labute approximate surface area is 236 Å². The smallest absolute Gasteiger partial charge is 0.318 e. The van der Waals surface area contributed by atoms with Crippen molar-refractivity contribution < 1.29 is 23.1 Å². The molecule has 41 heavy (non-hydrogen) atoms. The number of nitrogens with one attached hydrogen (secondary N) is 2. The van der Waals surface area contributed by atoms with Gasteiger partial charge < -0.3 is 15.3 Å². The van der Waals surface area contributed by atoms with E-state index >= 15 is 0 Å². The highest BCUT2D eigenvalue weighted by molar-refractivity contribution is 7.87. The number of carboxylic acid groups (broad SMARTS) is 1. The second-order valence-electron chi connectivity index (χ2n) is 10.2. The lowest BCUT2D eigenvalue weighted by Crippen LogP contribution is -2.52. The summed E-state index contributed by atoms with van der Waals surface area (Å²) in [6.07, 6.45) is 7.02. The molecule has 3 aromatic rings. The summed E-state index contributed by atoms with van der Waals surface area (Å²) in [5, 5.41) is 12.5. The molecular weight excluding hydrogens is 552 g/mol. The van der Waals surface area contributed by atoms with Gasteiger partial charge in [0.2, 0.25) is 5.95 Å². The molecule has 0 aromatic carbocycles. The maximum absolute atomic E-state index is 13.4. The number of pyridine rings is 2. The van der Waals surface area contributed by atoms with Gasteiger partial charge in [-0.3, -0.25) is 19.0 Å². The Bertz CT molecular complexity index is 1640. The van der Waals surface area contributed by atoms with Crippen molar-refractivity contribution in [2.45, 2.75) is 45.6 Å². The third kappa shape index (κ3) is 5.92. The molecule has 1 saturated heterocycles. The van der Waals surface area contributed by atoms with Gasteiger partial charge in [0, 0.05) is 43.8 Å². The van der Waals surface area contributed by atoms with E-state index in [4.69, 9.17) is 5.11 Å². The normalized spacial score (nSPS) is 16.8. The van der Waals surface area contributed by atoms with Gasteiger partial charge in [-0.05, 0) is 44.4 Å². The highest BCUT2D eigenvalue weighted by Crippen LogP contribution is 2.32. The third-order valence-electron chi connectivity index (χ3n) is 7.59. The van der Waals surface area contributed by atoms with Crippen LogP contribution in [-0.4, -0.2) is 81.8 Å². The quantitative estimate of drug-likeness (QED) is 0.311. The number of carboxylic acids is 1. The first kappa shape index (κ1) is 28.6. The molecule has 1 saturated carbocycles. The van der Waals surface area contributed by atoms with Crippen LogP contribution in [-0.2, 0) is 15.0 Å². The topological polar surface area (TPSA) is 180 Å². The van der Waals surface area contributed by atoms with Crippen molar-refractivity contribution in [2.75, 3.05) is 42.9 Å². The average Bonchev–Trinajstić information content (AvgIpc) is 3.47. The number of hydrogen-bond donors (Lipinski definition) is 3. The number of carbonyl (C=O) groups excluding carboxylic acids is 1. The molecule has 2 aliphatic rings. The summed E-state index contributed by atoms with van der Waals surface area (Å²) in [5.41, 5.74) is 1.73. The average molecular weight is 585 g/mol. The van der Waals surface area contributed by atoms with Gasteiger partial charge in [-0.1, -0.05) is 12.8 Å². The van der Waals surface area contributed by atoms with Gasteiger partial charge in [-0.25, -0.2) is 9.97 Å². The molecule has 0 radical (unpaired) electrons. The summed E-state index contributed by atoms with van der Waals surface area (Å²) in [5.74, 6) is -0.766. The lowest BCUT2D eigenvalue weighted by molar-refractivity contribution is -0.135. The van der Waals surface area contributed by atoms with Crippen molar-refractivity contribution in [2.24, 2.45) is 0 Å². The van der Waals surface area contributed by atoms with E-state index in [1.54, 1.807) is 30.0 Å². The van der Waals surface area contributed by atoms with E-state index in [1.807, 2.05) is 11.0 Å². The highest BCUT2D eigenvalue weighted by atomic mass is 32.2. The Hall–Kier alpha value is -3.95. The predicted molar refractivity (Wildman–Crippen MR) is 152 cm³/mol. The fourth-order valence-electron chi connectivity index (χ4n) is 5.50. The highest BCUT2D eigenvalue weighted by Gasteiger charge is 2.28. The molecule has 0 bridgehead atoms. The second-order valence-corrected chi connectivity index (χ2v) is 12.0. The maximum Gasteiger partial charge on any atom is 0.318 e. The van der Waals surface area contributed by atoms with Crippen molar-refractivity contribution in [3.05, 3.63) is 46.0 Å². The summed E-state index contributed by atoms with van der Waals surface area (Å²) < 4.78 is 29.5. The number of ketones is 1. The fraction of sp³-hybridized carbons (Fsp3) is 0.462. The van der Waals surface area contributed by atoms with Crippen LogP contribution in [0.25, 0.3) is 11.0 Å². The van der Waals surface area contributed by atoms with Crippen LogP contribution < -0.4 is 20.5 Å². The number of aryl methyl sites for hydroxylation is 1. The second kappa shape index (κ2) is 11.5. The molecule has 1 aliphatic heterocycles. The Morgan fingerprint density at radius 2 is 1.78 bits per heavy atom. The first-order valence-electron chi connectivity index (χ1n) is 13.4. The van der Waals surface area contributed by atoms with Gasteiger partial charge in [0.05, 0.1) is 17.4 Å². The first-order valence-corrected chi connectivity index (χ1v) is 14.9. The molecule has 0 spiro atoms. The van der Waals surface area contributed by atoms with Crippen molar-refractivity contribution >= 4 is 50.4 Å². The Kier molecular flexibility index (Phi) is 8.02. The van der Waals surface area contributed by atoms with Crippen LogP contribution in [0.15, 0.2) is 29.3 Å². The first-order chi connectivity index (χ1) is 19.5. The zero-order valence-electron chi connectivity index (χ0n) is 22.8. The van der Waals surface area contributed by atoms with Gasteiger partial charge in [-0.2, -0.15) is 22.4 Å². The minimum absolute atomic E-state index is 0.0211. The van der Waals surface area contributed by atoms with E-state index in [0.717, 1.165) is 31.4 Å². The molecule has 1 aliphatic carbocycles. The number of fused-ring (bicyclic) bond motifs is 1. The van der Waals surface area contributed by atoms with Crippen molar-refractivity contribution in [1.82, 2.24) is 28.5 Å². The molecule has 0 atom stereocenters. The van der Waals surface area contributed by atoms with E-state index in [9.17, 15) is 22.8 Å². The van der Waals surface area contributed by atoms with E-state index in [0.29, 0.717) is 35.5 Å². The van der Waals surface area contributed by atoms with Crippen LogP contribution in [0.2, 0.25) is 0 Å². The summed E-state index contributed by atoms with van der Waals surface area (Å²) in [4.78, 5) is 52.0. The fourth-order valence-corrected chi connectivity index (χ4v) is 6.63. The van der Waals surface area contributed by atoms with Crippen LogP contribution in [0.5, 0.6) is 0 Å². The summed E-state index contributed by atoms with van der Waals surface area (Å²) >= 11 is 0. The standard InChI is InChI=1S/C26H32N8O6S/c1-16-20-14-28-26(31-24(20)34(18-5-3-4-6-18)25(38)23(16)17(2)35)30-21-8-7-19(13-27-21)32-9-11-33(12-10-32)41(39,40)29-15-22(36)37/h7-8,13-14,18,29H,3-6,9-12,15H2,1-2H3,(H,36,37)(H,27,28,30,31). The summed E-state index contributed by atoms with van der Waals surface area (Å²) in [6, 6.07) is 3.59. The molecule has 218 valence electrons. The van der Waals surface area contributed by atoms with E-state index in [1.165, 1.54) is 11.2 Å². The van der Waals surface area contributed by atoms with Crippen LogP contribution in [0.3, 0.4) is 0 Å². The number of aromatic nitrogens is 4. The van der Waals surface area contributed by atoms with Crippen molar-refractivity contribution in [3.63, 3.8) is 0 Å². The molecule has 15 heteroatoms. The lowest BCUT2D eigenvalue weighted by atomic mass is 10.0. The molecule has 0 unspecified atom stereocenters. The van der Waals surface area contributed by atoms with E-state index < -0.39 is 22.7 Å². The van der Waals surface area contributed by atoms with Crippen molar-refractivity contribution in [1.29, 1.82) is 0 Å². The number of anilines is 3. The van der Waals surface area contributed by atoms with Gasteiger partial charge in [0.25, 0.3) is 15.8 Å². The molecule has 3 aromatic heterocycles. The summed E-state index contributed by atoms with van der Waals surface area (Å²) in [6.45, 7) is 3.72. The van der Waals surface area contributed by atoms with Gasteiger partial charge >= 0.3 is 5.97 Å². The van der Waals surface area contributed by atoms with Gasteiger partial charge in [0.15, 0.2) is 5.78 Å². The molecule has 2 fully saturated rings. The van der Waals surface area contributed by atoms with E-state index in [2.05, 4.69) is 25.0 Å². The molecule has 3 N–H and O–H groups in total. The lowest BCUT2D eigenvalue weighted by Gasteiger charge is -2.35. The number of piperazine rings is 1. The number of rotatable bonds is 9. The Morgan fingerprint density at radius 1 is 1.07 bits per heavy atom. The molecule has 4 heterocycles. The minimum Gasteiger partial charge on any atom is -0.480 e. The molecular formula is C26H32N8O6S. The van der Waals surface area contributed by atoms with E-state index in [-0.39, 0.29) is 42.0 Å². The number of aliphatic carboxylic acids is 1. The van der Waals surface area contributed by atoms with Gasteiger partial charge in [-0.15, -0.1) is 0 Å².